The van der Waals surface area contributed by atoms with E-state index in [9.17, 15) is 29.4 Å². The number of hydrogen-bond acceptors (Lipinski definition) is 7. The van der Waals surface area contributed by atoms with E-state index in [1.54, 1.807) is 12.1 Å². The van der Waals surface area contributed by atoms with Crippen molar-refractivity contribution in [3.05, 3.63) is 45.8 Å². The largest absolute Gasteiger partial charge is 0.508 e. The van der Waals surface area contributed by atoms with Gasteiger partial charge >= 0.3 is 17.8 Å². The van der Waals surface area contributed by atoms with Crippen LogP contribution in [0.15, 0.2) is 24.3 Å². The maximum Gasteiger partial charge on any atom is 0.394 e. The minimum atomic E-state index is -1.71. The smallest absolute Gasteiger partial charge is 0.394 e. The zero-order valence-electron chi connectivity index (χ0n) is 14.9. The molecule has 0 bridgehead atoms. The topological polar surface area (TPSA) is 165 Å². The zero-order chi connectivity index (χ0) is 21.1. The third kappa shape index (κ3) is 4.52. The molecule has 0 radical (unpaired) electrons. The average molecular weight is 419 g/mol. The molecule has 3 rings (SSSR count). The number of benzene rings is 1. The van der Waals surface area contributed by atoms with Crippen LogP contribution in [-0.2, 0) is 22.6 Å². The second-order valence-electron chi connectivity index (χ2n) is 6.31. The summed E-state index contributed by atoms with van der Waals surface area (Å²) in [5, 5.41) is 35.7. The Hall–Kier alpha value is -3.44. The van der Waals surface area contributed by atoms with Gasteiger partial charge in [0.1, 0.15) is 10.8 Å². The molecule has 0 saturated heterocycles. The van der Waals surface area contributed by atoms with E-state index in [4.69, 9.17) is 5.11 Å². The van der Waals surface area contributed by atoms with E-state index in [0.717, 1.165) is 11.3 Å². The quantitative estimate of drug-likeness (QED) is 0.384. The molecule has 1 aliphatic rings. The van der Waals surface area contributed by atoms with Crippen molar-refractivity contribution in [2.45, 2.75) is 19.0 Å². The summed E-state index contributed by atoms with van der Waals surface area (Å²) in [6.07, 6.45) is 0.275. The van der Waals surface area contributed by atoms with Crippen LogP contribution in [0, 0.1) is 0 Å². The second-order valence-corrected chi connectivity index (χ2v) is 7.42. The first-order valence-electron chi connectivity index (χ1n) is 8.49. The highest BCUT2D eigenvalue weighted by Crippen LogP contribution is 2.36. The van der Waals surface area contributed by atoms with Crippen molar-refractivity contribution in [1.82, 2.24) is 10.6 Å². The number of phenolic OH excluding ortho intramolecular Hbond substituents is 1. The van der Waals surface area contributed by atoms with Gasteiger partial charge in [0.25, 0.3) is 5.91 Å². The van der Waals surface area contributed by atoms with Gasteiger partial charge in [0.15, 0.2) is 0 Å². The highest BCUT2D eigenvalue weighted by molar-refractivity contribution is 7.17. The molecule has 2 heterocycles. The highest BCUT2D eigenvalue weighted by Gasteiger charge is 2.30. The number of fused-ring (bicyclic) bond motifs is 1. The Morgan fingerprint density at radius 1 is 1.21 bits per heavy atom. The Morgan fingerprint density at radius 2 is 1.97 bits per heavy atom. The van der Waals surface area contributed by atoms with Crippen LogP contribution in [0.1, 0.15) is 31.2 Å². The number of carbonyl (C=O) groups excluding carboxylic acids is 2. The van der Waals surface area contributed by atoms with E-state index in [-0.39, 0.29) is 41.2 Å². The van der Waals surface area contributed by atoms with Gasteiger partial charge in [0, 0.05) is 29.6 Å². The van der Waals surface area contributed by atoms with E-state index < -0.39 is 17.8 Å². The molecule has 10 nitrogen and oxygen atoms in total. The van der Waals surface area contributed by atoms with E-state index in [1.165, 1.54) is 12.1 Å². The number of aromatic hydroxyl groups is 1. The molecule has 29 heavy (non-hydrogen) atoms. The van der Waals surface area contributed by atoms with Crippen molar-refractivity contribution in [2.24, 2.45) is 0 Å². The van der Waals surface area contributed by atoms with E-state index in [1.807, 2.05) is 0 Å². The number of hydrogen-bond donors (Lipinski definition) is 6. The number of aromatic carboxylic acids is 1. The summed E-state index contributed by atoms with van der Waals surface area (Å²) in [7, 11) is 0. The summed E-state index contributed by atoms with van der Waals surface area (Å²) in [5.41, 5.74) is 0.658. The highest BCUT2D eigenvalue weighted by atomic mass is 32.1. The maximum atomic E-state index is 12.2. The molecule has 2 amide bonds. The summed E-state index contributed by atoms with van der Waals surface area (Å²) >= 11 is 1.01. The minimum Gasteiger partial charge on any atom is -0.508 e. The Balaban J connectivity index is 1.72. The normalized spacial score (nSPS) is 15.2. The maximum absolute atomic E-state index is 12.2. The number of carboxylic acids is 2. The Labute approximate surface area is 168 Å². The number of phenols is 1. The monoisotopic (exact) mass is 419 g/mol. The number of carboxylic acid groups (broad SMARTS) is 2. The molecule has 0 fully saturated rings. The molecule has 6 N–H and O–H groups in total. The van der Waals surface area contributed by atoms with Crippen molar-refractivity contribution < 1.29 is 34.5 Å². The van der Waals surface area contributed by atoms with Gasteiger partial charge < -0.3 is 31.3 Å². The van der Waals surface area contributed by atoms with Crippen LogP contribution in [0.2, 0.25) is 0 Å². The number of rotatable bonds is 5. The van der Waals surface area contributed by atoms with Crippen molar-refractivity contribution >= 4 is 40.1 Å². The number of amides is 2. The SMILES string of the molecule is O=C(O)C(=O)Nc1sc2c(c1C(=O)O)CC(CNC(=O)c1cccc(O)c1)NC2. The lowest BCUT2D eigenvalue weighted by atomic mass is 9.98. The second kappa shape index (κ2) is 8.29. The van der Waals surface area contributed by atoms with Crippen LogP contribution in [0.5, 0.6) is 5.75 Å². The molecule has 11 heteroatoms. The van der Waals surface area contributed by atoms with Gasteiger partial charge in [-0.3, -0.25) is 9.59 Å². The van der Waals surface area contributed by atoms with Crippen molar-refractivity contribution in [3.8, 4) is 5.75 Å². The van der Waals surface area contributed by atoms with Gasteiger partial charge in [-0.2, -0.15) is 0 Å². The van der Waals surface area contributed by atoms with Gasteiger partial charge in [0.05, 0.1) is 5.56 Å². The molecule has 2 aromatic rings. The van der Waals surface area contributed by atoms with Crippen LogP contribution >= 0.6 is 11.3 Å². The van der Waals surface area contributed by atoms with Gasteiger partial charge in [-0.05, 0) is 30.2 Å². The summed E-state index contributed by atoms with van der Waals surface area (Å²) < 4.78 is 0. The molecule has 152 valence electrons. The summed E-state index contributed by atoms with van der Waals surface area (Å²) in [4.78, 5) is 46.7. The first-order valence-corrected chi connectivity index (χ1v) is 9.30. The summed E-state index contributed by atoms with van der Waals surface area (Å²) in [6, 6.07) is 5.62. The standard InChI is InChI=1S/C18H17N3O7S/c22-10-3-1-2-8(4-10)14(23)20-6-9-5-11-12(7-19-9)29-16(13(11)17(25)26)21-15(24)18(27)28/h1-4,9,19,22H,5-7H2,(H,20,23)(H,21,24)(H,25,26)(H,27,28). The molecular formula is C18H17N3O7S. The number of carbonyl (C=O) groups is 4. The minimum absolute atomic E-state index is 0.0267. The molecule has 1 unspecified atom stereocenters. The van der Waals surface area contributed by atoms with Gasteiger partial charge in [-0.25, -0.2) is 9.59 Å². The zero-order valence-corrected chi connectivity index (χ0v) is 15.7. The molecule has 0 saturated carbocycles. The number of aliphatic carboxylic acids is 1. The Bertz CT molecular complexity index is 1000. The van der Waals surface area contributed by atoms with Crippen molar-refractivity contribution in [1.29, 1.82) is 0 Å². The first-order chi connectivity index (χ1) is 13.8. The van der Waals surface area contributed by atoms with Gasteiger partial charge in [-0.1, -0.05) is 6.07 Å². The lowest BCUT2D eigenvalue weighted by Gasteiger charge is -2.24. The molecule has 1 atom stereocenters. The predicted octanol–water partition coefficient (Wildman–Crippen LogP) is 0.619. The fourth-order valence-corrected chi connectivity index (χ4v) is 4.17. The lowest BCUT2D eigenvalue weighted by molar-refractivity contribution is -0.147. The third-order valence-electron chi connectivity index (χ3n) is 4.35. The summed E-state index contributed by atoms with van der Waals surface area (Å²) in [6.45, 7) is 0.523. The third-order valence-corrected chi connectivity index (χ3v) is 5.49. The molecule has 0 aliphatic carbocycles. The molecule has 0 spiro atoms. The Morgan fingerprint density at radius 3 is 2.62 bits per heavy atom. The lowest BCUT2D eigenvalue weighted by Crippen LogP contribution is -2.44. The predicted molar refractivity (Wildman–Crippen MR) is 102 cm³/mol. The Kier molecular flexibility index (Phi) is 5.80. The van der Waals surface area contributed by atoms with Crippen LogP contribution in [0.4, 0.5) is 5.00 Å². The molecule has 1 aromatic heterocycles. The fraction of sp³-hybridized carbons (Fsp3) is 0.222. The van der Waals surface area contributed by atoms with Crippen molar-refractivity contribution in [3.63, 3.8) is 0 Å². The van der Waals surface area contributed by atoms with E-state index in [2.05, 4.69) is 16.0 Å². The number of nitrogens with one attached hydrogen (secondary N) is 3. The number of anilines is 1. The first kappa shape index (κ1) is 20.3. The average Bonchev–Trinajstić information content (AvgIpc) is 3.03. The van der Waals surface area contributed by atoms with E-state index in [0.29, 0.717) is 22.5 Å². The van der Waals surface area contributed by atoms with Crippen LogP contribution in [-0.4, -0.2) is 51.7 Å². The van der Waals surface area contributed by atoms with E-state index >= 15 is 0 Å². The molecule has 1 aliphatic heterocycles. The van der Waals surface area contributed by atoms with Crippen LogP contribution in [0.3, 0.4) is 0 Å². The van der Waals surface area contributed by atoms with Gasteiger partial charge in [-0.15, -0.1) is 11.3 Å². The van der Waals surface area contributed by atoms with Gasteiger partial charge in [0.2, 0.25) is 0 Å². The molecular weight excluding hydrogens is 402 g/mol. The number of thiophene rings is 1. The van der Waals surface area contributed by atoms with Crippen LogP contribution in [0.25, 0.3) is 0 Å². The fourth-order valence-electron chi connectivity index (χ4n) is 3.01. The summed E-state index contributed by atoms with van der Waals surface area (Å²) in [5.74, 6) is -4.70. The van der Waals surface area contributed by atoms with Crippen LogP contribution < -0.4 is 16.0 Å². The molecule has 1 aromatic carbocycles. The van der Waals surface area contributed by atoms with Crippen molar-refractivity contribution in [2.75, 3.05) is 11.9 Å².